The molecule has 182 valence electrons. The predicted octanol–water partition coefficient (Wildman–Crippen LogP) is 8.10. The van der Waals surface area contributed by atoms with Crippen LogP contribution in [0.5, 0.6) is 0 Å². The molecule has 0 saturated carbocycles. The molecule has 4 nitrogen and oxygen atoms in total. The van der Waals surface area contributed by atoms with Gasteiger partial charge in [0.25, 0.3) is 0 Å². The summed E-state index contributed by atoms with van der Waals surface area (Å²) < 4.78 is 10.7. The lowest BCUT2D eigenvalue weighted by atomic mass is 10.0. The molecular formula is C25H54NO3P. The molecule has 0 unspecified atom stereocenters. The van der Waals surface area contributed by atoms with Gasteiger partial charge in [-0.2, -0.15) is 0 Å². The van der Waals surface area contributed by atoms with E-state index in [0.29, 0.717) is 6.42 Å². The molecule has 0 amide bonds. The Labute approximate surface area is 188 Å². The van der Waals surface area contributed by atoms with E-state index in [0.717, 1.165) is 19.4 Å². The maximum atomic E-state index is 10.7. The second kappa shape index (κ2) is 23.8. The lowest BCUT2D eigenvalue weighted by molar-refractivity contribution is 0.370. The Morgan fingerprint density at radius 2 is 0.600 bits per heavy atom. The normalized spacial score (nSPS) is 12.0. The first-order valence-electron chi connectivity index (χ1n) is 13.3. The summed E-state index contributed by atoms with van der Waals surface area (Å²) in [5, 5.41) is 0. The quantitative estimate of drug-likeness (QED) is 0.0975. The molecule has 0 radical (unpaired) electrons. The summed E-state index contributed by atoms with van der Waals surface area (Å²) in [4.78, 5) is 17.6. The summed E-state index contributed by atoms with van der Waals surface area (Å²) in [6, 6.07) is 0. The third-order valence-electron chi connectivity index (χ3n) is 6.15. The molecule has 0 aromatic heterocycles. The highest BCUT2D eigenvalue weighted by Gasteiger charge is 2.10. The van der Waals surface area contributed by atoms with Gasteiger partial charge in [0.05, 0.1) is 0 Å². The van der Waals surface area contributed by atoms with Gasteiger partial charge < -0.3 is 15.5 Å². The van der Waals surface area contributed by atoms with E-state index in [2.05, 4.69) is 0 Å². The van der Waals surface area contributed by atoms with Gasteiger partial charge in [0.15, 0.2) is 0 Å². The van der Waals surface area contributed by atoms with Gasteiger partial charge in [0.2, 0.25) is 0 Å². The van der Waals surface area contributed by atoms with Gasteiger partial charge in [-0.05, 0) is 19.4 Å². The van der Waals surface area contributed by atoms with Crippen molar-refractivity contribution in [2.45, 2.75) is 148 Å². The van der Waals surface area contributed by atoms with Gasteiger partial charge in [0, 0.05) is 6.16 Å². The Morgan fingerprint density at radius 3 is 0.800 bits per heavy atom. The van der Waals surface area contributed by atoms with Gasteiger partial charge in [-0.1, -0.05) is 135 Å². The smallest absolute Gasteiger partial charge is 0.325 e. The number of nitrogens with two attached hydrogens (primary N) is 1. The molecule has 0 bridgehead atoms. The van der Waals surface area contributed by atoms with Crippen molar-refractivity contribution in [2.24, 2.45) is 5.73 Å². The second-order valence-electron chi connectivity index (χ2n) is 9.31. The molecule has 0 aromatic carbocycles. The van der Waals surface area contributed by atoms with Crippen molar-refractivity contribution in [3.05, 3.63) is 0 Å². The van der Waals surface area contributed by atoms with Crippen LogP contribution in [0.2, 0.25) is 0 Å². The molecule has 0 aliphatic heterocycles. The molecule has 5 heteroatoms. The van der Waals surface area contributed by atoms with E-state index in [-0.39, 0.29) is 6.16 Å². The van der Waals surface area contributed by atoms with Crippen LogP contribution in [0.4, 0.5) is 0 Å². The van der Waals surface area contributed by atoms with E-state index in [1.54, 1.807) is 0 Å². The standard InChI is InChI=1S/C25H54NO3P/c26-24-22-20-18-16-14-12-10-8-6-4-2-1-3-5-7-9-11-13-15-17-19-21-23-25-30(27,28)29/h1-26H2,(H2,27,28,29). The summed E-state index contributed by atoms with van der Waals surface area (Å²) in [6.45, 7) is 0.856. The minimum absolute atomic E-state index is 0.0588. The monoisotopic (exact) mass is 447 g/mol. The first kappa shape index (κ1) is 30.1. The van der Waals surface area contributed by atoms with Crippen LogP contribution in [0.3, 0.4) is 0 Å². The fourth-order valence-corrected chi connectivity index (χ4v) is 4.81. The molecular weight excluding hydrogens is 393 g/mol. The fraction of sp³-hybridized carbons (Fsp3) is 1.00. The van der Waals surface area contributed by atoms with Crippen molar-refractivity contribution < 1.29 is 14.4 Å². The fourth-order valence-electron chi connectivity index (χ4n) is 4.17. The summed E-state index contributed by atoms with van der Waals surface area (Å²) >= 11 is 0. The second-order valence-corrected chi connectivity index (χ2v) is 11.1. The molecule has 0 saturated heterocycles. The molecule has 0 heterocycles. The maximum Gasteiger partial charge on any atom is 0.325 e. The zero-order valence-electron chi connectivity index (χ0n) is 20.0. The number of rotatable bonds is 25. The highest BCUT2D eigenvalue weighted by atomic mass is 31.2. The number of hydrogen-bond donors (Lipinski definition) is 3. The van der Waals surface area contributed by atoms with Crippen molar-refractivity contribution in [1.29, 1.82) is 0 Å². The van der Waals surface area contributed by atoms with Gasteiger partial charge in [-0.3, -0.25) is 4.57 Å². The highest BCUT2D eigenvalue weighted by molar-refractivity contribution is 7.51. The van der Waals surface area contributed by atoms with Crippen LogP contribution in [-0.2, 0) is 4.57 Å². The molecule has 0 atom stereocenters. The van der Waals surface area contributed by atoms with Crippen LogP contribution in [0.1, 0.15) is 148 Å². The number of unbranched alkanes of at least 4 members (excludes halogenated alkanes) is 22. The lowest BCUT2D eigenvalue weighted by Crippen LogP contribution is -1.97. The average molecular weight is 448 g/mol. The van der Waals surface area contributed by atoms with Crippen molar-refractivity contribution in [3.63, 3.8) is 0 Å². The number of hydrogen-bond acceptors (Lipinski definition) is 2. The molecule has 0 aliphatic carbocycles. The first-order chi connectivity index (χ1) is 14.6. The van der Waals surface area contributed by atoms with Crippen LogP contribution in [0.25, 0.3) is 0 Å². The van der Waals surface area contributed by atoms with E-state index in [1.807, 2.05) is 0 Å². The molecule has 0 spiro atoms. The summed E-state index contributed by atoms with van der Waals surface area (Å²) in [6.07, 6.45) is 30.3. The van der Waals surface area contributed by atoms with Crippen LogP contribution >= 0.6 is 7.60 Å². The third-order valence-corrected chi connectivity index (χ3v) is 7.05. The summed E-state index contributed by atoms with van der Waals surface area (Å²) in [5.41, 5.74) is 5.51. The first-order valence-corrected chi connectivity index (χ1v) is 15.1. The lowest BCUT2D eigenvalue weighted by Gasteiger charge is -2.05. The topological polar surface area (TPSA) is 83.6 Å². The molecule has 0 aliphatic rings. The average Bonchev–Trinajstić information content (AvgIpc) is 2.70. The molecule has 0 rings (SSSR count). The Balaban J connectivity index is 3.03. The maximum absolute atomic E-state index is 10.7. The highest BCUT2D eigenvalue weighted by Crippen LogP contribution is 2.35. The Hall–Kier alpha value is 0.110. The van der Waals surface area contributed by atoms with Crippen molar-refractivity contribution in [2.75, 3.05) is 12.7 Å². The van der Waals surface area contributed by atoms with Crippen LogP contribution in [0, 0.1) is 0 Å². The van der Waals surface area contributed by atoms with Crippen LogP contribution < -0.4 is 5.73 Å². The molecule has 30 heavy (non-hydrogen) atoms. The van der Waals surface area contributed by atoms with Gasteiger partial charge >= 0.3 is 7.60 Å². The van der Waals surface area contributed by atoms with E-state index in [1.165, 1.54) is 128 Å². The van der Waals surface area contributed by atoms with Crippen LogP contribution in [-0.4, -0.2) is 22.5 Å². The minimum Gasteiger partial charge on any atom is -0.330 e. The van der Waals surface area contributed by atoms with E-state index in [9.17, 15) is 4.57 Å². The van der Waals surface area contributed by atoms with Gasteiger partial charge in [0.1, 0.15) is 0 Å². The van der Waals surface area contributed by atoms with E-state index < -0.39 is 7.60 Å². The van der Waals surface area contributed by atoms with Gasteiger partial charge in [-0.15, -0.1) is 0 Å². The third kappa shape index (κ3) is 28.1. The zero-order chi connectivity index (χ0) is 22.2. The van der Waals surface area contributed by atoms with Crippen molar-refractivity contribution >= 4 is 7.60 Å². The van der Waals surface area contributed by atoms with Crippen LogP contribution in [0.15, 0.2) is 0 Å². The predicted molar refractivity (Wildman–Crippen MR) is 132 cm³/mol. The van der Waals surface area contributed by atoms with E-state index in [4.69, 9.17) is 15.5 Å². The summed E-state index contributed by atoms with van der Waals surface area (Å²) in [7, 11) is -3.77. The SMILES string of the molecule is NCCCCCCCCCCCCCCCCCCCCCCCCCP(=O)(O)O. The van der Waals surface area contributed by atoms with Crippen molar-refractivity contribution in [1.82, 2.24) is 0 Å². The Bertz CT molecular complexity index is 373. The zero-order valence-corrected chi connectivity index (χ0v) is 20.9. The summed E-state index contributed by atoms with van der Waals surface area (Å²) in [5.74, 6) is 0. The Kier molecular flexibility index (Phi) is 23.9. The molecule has 0 aromatic rings. The van der Waals surface area contributed by atoms with Gasteiger partial charge in [-0.25, -0.2) is 0 Å². The minimum atomic E-state index is -3.77. The van der Waals surface area contributed by atoms with E-state index >= 15 is 0 Å². The van der Waals surface area contributed by atoms with Crippen molar-refractivity contribution in [3.8, 4) is 0 Å². The molecule has 0 fully saturated rings. The Morgan fingerprint density at radius 1 is 0.400 bits per heavy atom. The molecule has 4 N–H and O–H groups in total. The largest absolute Gasteiger partial charge is 0.330 e.